The molecule has 1 fully saturated rings. The van der Waals surface area contributed by atoms with Crippen LogP contribution in [-0.4, -0.2) is 56.3 Å². The molecule has 35 heavy (non-hydrogen) atoms. The molecule has 3 atom stereocenters. The molecule has 0 aliphatic heterocycles. The first-order valence-electron chi connectivity index (χ1n) is 11.0. The molecule has 12 heteroatoms. The minimum atomic E-state index is -3.75. The zero-order chi connectivity index (χ0) is 24.9. The summed E-state index contributed by atoms with van der Waals surface area (Å²) in [5.41, 5.74) is 1.31. The lowest BCUT2D eigenvalue weighted by molar-refractivity contribution is 0.132. The Morgan fingerprint density at radius 2 is 1.83 bits per heavy atom. The third kappa shape index (κ3) is 4.22. The lowest BCUT2D eigenvalue weighted by atomic mass is 9.86. The molecule has 0 spiro atoms. The molecular formula is C23H22F2N6O3S. The third-order valence-electron chi connectivity index (χ3n) is 6.13. The molecule has 9 nitrogen and oxygen atoms in total. The molecule has 5 rings (SSSR count). The van der Waals surface area contributed by atoms with Crippen molar-refractivity contribution in [3.05, 3.63) is 64.3 Å². The second-order valence-electron chi connectivity index (χ2n) is 8.70. The van der Waals surface area contributed by atoms with Gasteiger partial charge in [0.1, 0.15) is 23.7 Å². The van der Waals surface area contributed by atoms with Crippen molar-refractivity contribution in [2.45, 2.75) is 49.6 Å². The monoisotopic (exact) mass is 500 g/mol. The van der Waals surface area contributed by atoms with Crippen molar-refractivity contribution in [1.82, 2.24) is 29.3 Å². The number of rotatable bonds is 4. The number of fused-ring (bicyclic) bond motifs is 1. The van der Waals surface area contributed by atoms with Crippen LogP contribution >= 0.6 is 0 Å². The highest BCUT2D eigenvalue weighted by Crippen LogP contribution is 2.38. The highest BCUT2D eigenvalue weighted by molar-refractivity contribution is 7.90. The van der Waals surface area contributed by atoms with Crippen molar-refractivity contribution in [2.24, 2.45) is 0 Å². The number of aryl methyl sites for hydroxylation is 1. The van der Waals surface area contributed by atoms with Crippen molar-refractivity contribution in [1.29, 1.82) is 0 Å². The Morgan fingerprint density at radius 3 is 2.54 bits per heavy atom. The normalized spacial score (nSPS) is 20.9. The maximum absolute atomic E-state index is 15.0. The zero-order valence-electron chi connectivity index (χ0n) is 19.0. The highest BCUT2D eigenvalue weighted by atomic mass is 32.2. The average Bonchev–Trinajstić information content (AvgIpc) is 3.18. The molecular weight excluding hydrogens is 478 g/mol. The van der Waals surface area contributed by atoms with Gasteiger partial charge in [0, 0.05) is 24.7 Å². The molecule has 0 saturated heterocycles. The van der Waals surface area contributed by atoms with E-state index in [1.807, 2.05) is 19.1 Å². The van der Waals surface area contributed by atoms with Crippen LogP contribution in [0.4, 0.5) is 8.78 Å². The van der Waals surface area contributed by atoms with Gasteiger partial charge in [-0.1, -0.05) is 18.2 Å². The lowest BCUT2D eigenvalue weighted by Crippen LogP contribution is -2.28. The van der Waals surface area contributed by atoms with E-state index in [2.05, 4.69) is 20.1 Å². The topological polar surface area (TPSA) is 113 Å². The number of imidazole rings is 1. The molecule has 3 unspecified atom stereocenters. The number of alkyl halides is 2. The fourth-order valence-electron chi connectivity index (χ4n) is 4.38. The first kappa shape index (κ1) is 23.2. The molecule has 3 heterocycles. The predicted molar refractivity (Wildman–Crippen MR) is 124 cm³/mol. The standard InChI is InChI=1S/C23H22F2N6O3S/c1-13-5-3-4-6-18(13)31-20(32)10-9-19(29-31)30-21(15-8-7-14(24)11-16(15)25)27-17-12-26-23(28-22(17)30)35(2,33)34/h3-6,9-10,12,14-16H,7-8,11H2,1-2H3. The largest absolute Gasteiger partial charge is 0.271 e. The highest BCUT2D eigenvalue weighted by Gasteiger charge is 2.36. The molecule has 3 aromatic heterocycles. The SMILES string of the molecule is Cc1ccccc1-n1nc(-n2c(C3CCC(F)CC3F)nc3cnc(S(C)(=O)=O)nc32)ccc1=O. The van der Waals surface area contributed by atoms with E-state index in [0.29, 0.717) is 5.69 Å². The smallest absolute Gasteiger partial charge is 0.267 e. The molecule has 1 aliphatic carbocycles. The summed E-state index contributed by atoms with van der Waals surface area (Å²) in [5, 5.41) is 4.08. The Bertz CT molecular complexity index is 1600. The summed E-state index contributed by atoms with van der Waals surface area (Å²) in [6.07, 6.45) is -0.392. The minimum Gasteiger partial charge on any atom is -0.267 e. The van der Waals surface area contributed by atoms with Gasteiger partial charge in [0.15, 0.2) is 11.5 Å². The summed E-state index contributed by atoms with van der Waals surface area (Å²) in [5.74, 6) is -0.349. The van der Waals surface area contributed by atoms with E-state index in [1.165, 1.54) is 27.6 Å². The van der Waals surface area contributed by atoms with E-state index >= 15 is 4.39 Å². The summed E-state index contributed by atoms with van der Waals surface area (Å²) in [6.45, 7) is 1.84. The fraction of sp³-hybridized carbons (Fsp3) is 0.348. The summed E-state index contributed by atoms with van der Waals surface area (Å²) >= 11 is 0. The first-order valence-corrected chi connectivity index (χ1v) is 12.9. The lowest BCUT2D eigenvalue weighted by Gasteiger charge is -2.27. The number of nitrogens with zero attached hydrogens (tertiary/aromatic N) is 6. The van der Waals surface area contributed by atoms with Crippen LogP contribution in [0.25, 0.3) is 22.7 Å². The van der Waals surface area contributed by atoms with Gasteiger partial charge in [0.2, 0.25) is 15.0 Å². The van der Waals surface area contributed by atoms with Crippen LogP contribution in [0.15, 0.2) is 52.5 Å². The Kier molecular flexibility index (Phi) is 5.70. The van der Waals surface area contributed by atoms with E-state index in [9.17, 15) is 17.6 Å². The summed E-state index contributed by atoms with van der Waals surface area (Å²) in [7, 11) is -3.75. The van der Waals surface area contributed by atoms with Gasteiger partial charge < -0.3 is 0 Å². The number of aromatic nitrogens is 6. The second-order valence-corrected chi connectivity index (χ2v) is 10.6. The number of halogens is 2. The van der Waals surface area contributed by atoms with Crippen LogP contribution in [0.1, 0.15) is 36.6 Å². The number of benzene rings is 1. The quantitative estimate of drug-likeness (QED) is 0.396. The molecule has 0 bridgehead atoms. The van der Waals surface area contributed by atoms with E-state index in [4.69, 9.17) is 0 Å². The van der Waals surface area contributed by atoms with Gasteiger partial charge in [-0.3, -0.25) is 9.36 Å². The molecule has 1 aromatic carbocycles. The van der Waals surface area contributed by atoms with Gasteiger partial charge in [-0.15, -0.1) is 5.10 Å². The second kappa shape index (κ2) is 8.59. The fourth-order valence-corrected chi connectivity index (χ4v) is 4.88. The maximum Gasteiger partial charge on any atom is 0.271 e. The van der Waals surface area contributed by atoms with Gasteiger partial charge in [0.25, 0.3) is 5.56 Å². The van der Waals surface area contributed by atoms with Gasteiger partial charge >= 0.3 is 0 Å². The Balaban J connectivity index is 1.78. The number of sulfone groups is 1. The summed E-state index contributed by atoms with van der Waals surface area (Å²) in [6, 6.07) is 9.94. The van der Waals surface area contributed by atoms with E-state index in [1.54, 1.807) is 12.1 Å². The Hall–Kier alpha value is -3.54. The predicted octanol–water partition coefficient (Wildman–Crippen LogP) is 3.02. The van der Waals surface area contributed by atoms with Crippen molar-refractivity contribution in [2.75, 3.05) is 6.26 Å². The molecule has 0 N–H and O–H groups in total. The molecule has 1 aliphatic rings. The number of hydrogen-bond acceptors (Lipinski definition) is 7. The Labute approximate surface area is 199 Å². The molecule has 0 amide bonds. The van der Waals surface area contributed by atoms with Crippen LogP contribution in [-0.2, 0) is 9.84 Å². The van der Waals surface area contributed by atoms with Crippen LogP contribution < -0.4 is 5.56 Å². The molecule has 0 radical (unpaired) electrons. The van der Waals surface area contributed by atoms with E-state index in [0.717, 1.165) is 11.8 Å². The maximum atomic E-state index is 15.0. The molecule has 4 aromatic rings. The van der Waals surface area contributed by atoms with Crippen LogP contribution in [0.5, 0.6) is 0 Å². The van der Waals surface area contributed by atoms with Gasteiger partial charge in [0.05, 0.1) is 11.9 Å². The average molecular weight is 501 g/mol. The number of hydrogen-bond donors (Lipinski definition) is 0. The summed E-state index contributed by atoms with van der Waals surface area (Å²) in [4.78, 5) is 25.3. The van der Waals surface area contributed by atoms with Gasteiger partial charge in [-0.2, -0.15) is 9.67 Å². The zero-order valence-corrected chi connectivity index (χ0v) is 19.8. The Morgan fingerprint density at radius 1 is 1.06 bits per heavy atom. The molecule has 182 valence electrons. The van der Waals surface area contributed by atoms with E-state index in [-0.39, 0.29) is 47.6 Å². The number of para-hydroxylation sites is 1. The van der Waals surface area contributed by atoms with Crippen molar-refractivity contribution >= 4 is 21.0 Å². The first-order chi connectivity index (χ1) is 16.6. The molecule has 1 saturated carbocycles. The van der Waals surface area contributed by atoms with Crippen LogP contribution in [0.2, 0.25) is 0 Å². The van der Waals surface area contributed by atoms with Gasteiger partial charge in [-0.05, 0) is 37.5 Å². The van der Waals surface area contributed by atoms with E-state index < -0.39 is 33.3 Å². The van der Waals surface area contributed by atoms with Crippen LogP contribution in [0, 0.1) is 6.92 Å². The van der Waals surface area contributed by atoms with Crippen molar-refractivity contribution in [3.8, 4) is 11.5 Å². The van der Waals surface area contributed by atoms with Crippen LogP contribution in [0.3, 0.4) is 0 Å². The van der Waals surface area contributed by atoms with Crippen molar-refractivity contribution < 1.29 is 17.2 Å². The third-order valence-corrected chi connectivity index (χ3v) is 6.99. The van der Waals surface area contributed by atoms with Crippen molar-refractivity contribution in [3.63, 3.8) is 0 Å². The summed E-state index contributed by atoms with van der Waals surface area (Å²) < 4.78 is 55.8. The minimum absolute atomic E-state index is 0.104. The van der Waals surface area contributed by atoms with Gasteiger partial charge in [-0.25, -0.2) is 27.2 Å².